The molecule has 1 aliphatic rings. The summed E-state index contributed by atoms with van der Waals surface area (Å²) in [5.74, 6) is -0.113. The number of hydrogen-bond donors (Lipinski definition) is 1. The average molecular weight is 418 g/mol. The lowest BCUT2D eigenvalue weighted by atomic mass is 10.0. The first-order chi connectivity index (χ1) is 14.6. The molecular weight excluding hydrogens is 388 g/mol. The fourth-order valence-corrected chi connectivity index (χ4v) is 3.50. The van der Waals surface area contributed by atoms with E-state index in [4.69, 9.17) is 19.0 Å². The van der Waals surface area contributed by atoms with Gasteiger partial charge in [-0.05, 0) is 45.4 Å². The van der Waals surface area contributed by atoms with E-state index in [0.717, 1.165) is 43.4 Å². The molecule has 1 N–H and O–H groups in total. The van der Waals surface area contributed by atoms with Crippen LogP contribution in [0.3, 0.4) is 0 Å². The van der Waals surface area contributed by atoms with E-state index in [1.807, 2.05) is 6.92 Å². The minimum Gasteiger partial charge on any atom is -0.461 e. The van der Waals surface area contributed by atoms with Crippen LogP contribution in [0, 0.1) is 6.92 Å². The Morgan fingerprint density at radius 3 is 2.90 bits per heavy atom. The van der Waals surface area contributed by atoms with Crippen molar-refractivity contribution in [3.05, 3.63) is 34.8 Å². The topological polar surface area (TPSA) is 108 Å². The van der Waals surface area contributed by atoms with E-state index in [1.54, 1.807) is 11.6 Å². The fraction of sp³-hybridized carbons (Fsp3) is 0.619. The highest BCUT2D eigenvalue weighted by Crippen LogP contribution is 2.20. The summed E-state index contributed by atoms with van der Waals surface area (Å²) in [6, 6.07) is 0. The summed E-state index contributed by atoms with van der Waals surface area (Å²) in [5.41, 5.74) is 2.81. The minimum atomic E-state index is -0.479. The van der Waals surface area contributed by atoms with Crippen LogP contribution in [-0.4, -0.2) is 53.0 Å². The van der Waals surface area contributed by atoms with Gasteiger partial charge in [-0.15, -0.1) is 0 Å². The summed E-state index contributed by atoms with van der Waals surface area (Å²) in [5, 5.41) is 7.68. The number of rotatable bonds is 7. The predicted molar refractivity (Wildman–Crippen MR) is 108 cm³/mol. The van der Waals surface area contributed by atoms with Crippen molar-refractivity contribution in [2.24, 2.45) is 0 Å². The molecule has 164 valence electrons. The molecular formula is C21H30N4O5. The van der Waals surface area contributed by atoms with Crippen molar-refractivity contribution in [1.82, 2.24) is 20.1 Å². The number of amides is 1. The highest BCUT2D eigenvalue weighted by molar-refractivity contribution is 5.94. The standard InChI is InChI=1S/C21H30N4O5/c1-3-25-19-16(8-6-11-28-12-7-10-22-20(19)26)17(24-25)9-4-5-13-29-21(27)18-14-30-15(2)23-18/h14H,3-13H2,1-2H3,(H,22,26). The molecule has 0 fully saturated rings. The van der Waals surface area contributed by atoms with Crippen LogP contribution in [0.2, 0.25) is 0 Å². The molecule has 0 unspecified atom stereocenters. The Hall–Kier alpha value is -2.68. The molecule has 9 nitrogen and oxygen atoms in total. The van der Waals surface area contributed by atoms with Crippen LogP contribution in [0.4, 0.5) is 0 Å². The molecule has 3 heterocycles. The van der Waals surface area contributed by atoms with Gasteiger partial charge in [0.2, 0.25) is 0 Å². The first-order valence-corrected chi connectivity index (χ1v) is 10.6. The number of unbranched alkanes of at least 4 members (excludes halogenated alkanes) is 1. The van der Waals surface area contributed by atoms with E-state index in [9.17, 15) is 9.59 Å². The van der Waals surface area contributed by atoms with Gasteiger partial charge in [-0.1, -0.05) is 0 Å². The third kappa shape index (κ3) is 5.69. The Kier molecular flexibility index (Phi) is 8.01. The number of carbonyl (C=O) groups is 2. The Bertz CT molecular complexity index is 858. The van der Waals surface area contributed by atoms with Crippen LogP contribution < -0.4 is 5.32 Å². The predicted octanol–water partition coefficient (Wildman–Crippen LogP) is 2.46. The molecule has 0 radical (unpaired) electrons. The van der Waals surface area contributed by atoms with E-state index in [0.29, 0.717) is 50.9 Å². The van der Waals surface area contributed by atoms with E-state index in [-0.39, 0.29) is 11.6 Å². The maximum absolute atomic E-state index is 12.7. The van der Waals surface area contributed by atoms with Crippen LogP contribution in [-0.2, 0) is 28.9 Å². The molecule has 9 heteroatoms. The van der Waals surface area contributed by atoms with Gasteiger partial charge >= 0.3 is 5.97 Å². The van der Waals surface area contributed by atoms with Crippen molar-refractivity contribution < 1.29 is 23.5 Å². The Morgan fingerprint density at radius 1 is 1.30 bits per heavy atom. The summed E-state index contributed by atoms with van der Waals surface area (Å²) >= 11 is 0. The van der Waals surface area contributed by atoms with E-state index < -0.39 is 5.97 Å². The molecule has 2 aromatic rings. The lowest BCUT2D eigenvalue weighted by Crippen LogP contribution is -2.28. The zero-order valence-electron chi connectivity index (χ0n) is 17.7. The van der Waals surface area contributed by atoms with Gasteiger partial charge in [-0.25, -0.2) is 9.78 Å². The number of oxazole rings is 1. The van der Waals surface area contributed by atoms with Gasteiger partial charge in [0.15, 0.2) is 11.6 Å². The van der Waals surface area contributed by atoms with E-state index in [2.05, 4.69) is 10.3 Å². The minimum absolute atomic E-state index is 0.0654. The van der Waals surface area contributed by atoms with Crippen LogP contribution >= 0.6 is 0 Å². The van der Waals surface area contributed by atoms with Crippen LogP contribution in [0.5, 0.6) is 0 Å². The molecule has 0 atom stereocenters. The molecule has 2 aromatic heterocycles. The first kappa shape index (κ1) is 22.0. The number of nitrogens with zero attached hydrogens (tertiary/aromatic N) is 3. The van der Waals surface area contributed by atoms with Crippen molar-refractivity contribution in [2.45, 2.75) is 58.9 Å². The fourth-order valence-electron chi connectivity index (χ4n) is 3.50. The summed E-state index contributed by atoms with van der Waals surface area (Å²) in [6.45, 7) is 6.55. The molecule has 3 rings (SSSR count). The number of aromatic nitrogens is 3. The number of carbonyl (C=O) groups excluding carboxylic acids is 2. The zero-order valence-corrected chi connectivity index (χ0v) is 17.7. The highest BCUT2D eigenvalue weighted by atomic mass is 16.5. The van der Waals surface area contributed by atoms with Crippen molar-refractivity contribution in [3.8, 4) is 0 Å². The van der Waals surface area contributed by atoms with Crippen molar-refractivity contribution in [2.75, 3.05) is 26.4 Å². The molecule has 0 spiro atoms. The summed E-state index contributed by atoms with van der Waals surface area (Å²) in [6.07, 6.45) is 5.96. The third-order valence-corrected chi connectivity index (χ3v) is 4.98. The third-order valence-electron chi connectivity index (χ3n) is 4.98. The van der Waals surface area contributed by atoms with Crippen molar-refractivity contribution >= 4 is 11.9 Å². The normalized spacial score (nSPS) is 15.2. The van der Waals surface area contributed by atoms with Gasteiger partial charge in [0.05, 0.1) is 12.3 Å². The van der Waals surface area contributed by atoms with Crippen molar-refractivity contribution in [3.63, 3.8) is 0 Å². The molecule has 0 saturated carbocycles. The second kappa shape index (κ2) is 10.9. The largest absolute Gasteiger partial charge is 0.461 e. The van der Waals surface area contributed by atoms with Crippen LogP contribution in [0.1, 0.15) is 70.7 Å². The number of esters is 1. The summed E-state index contributed by atoms with van der Waals surface area (Å²) in [7, 11) is 0. The van der Waals surface area contributed by atoms with Crippen LogP contribution in [0.25, 0.3) is 0 Å². The second-order valence-corrected chi connectivity index (χ2v) is 7.26. The summed E-state index contributed by atoms with van der Waals surface area (Å²) in [4.78, 5) is 28.6. The molecule has 1 amide bonds. The van der Waals surface area contributed by atoms with E-state index >= 15 is 0 Å². The number of nitrogens with one attached hydrogen (secondary N) is 1. The van der Waals surface area contributed by atoms with E-state index in [1.165, 1.54) is 6.26 Å². The molecule has 30 heavy (non-hydrogen) atoms. The maximum Gasteiger partial charge on any atom is 0.360 e. The lowest BCUT2D eigenvalue weighted by Gasteiger charge is -2.08. The number of aryl methyl sites for hydroxylation is 3. The van der Waals surface area contributed by atoms with Crippen molar-refractivity contribution in [1.29, 1.82) is 0 Å². The smallest absolute Gasteiger partial charge is 0.360 e. The zero-order chi connectivity index (χ0) is 21.3. The SMILES string of the molecule is CCn1nc(CCCCOC(=O)c2coc(C)n2)c2c1C(=O)NCCCOCCC2. The number of fused-ring (bicyclic) bond motifs is 1. The molecule has 0 aliphatic carbocycles. The molecule has 0 aromatic carbocycles. The second-order valence-electron chi connectivity index (χ2n) is 7.26. The molecule has 0 saturated heterocycles. The van der Waals surface area contributed by atoms with Gasteiger partial charge in [-0.2, -0.15) is 5.10 Å². The molecule has 0 bridgehead atoms. The maximum atomic E-state index is 12.7. The van der Waals surface area contributed by atoms with Gasteiger partial charge < -0.3 is 19.2 Å². The Morgan fingerprint density at radius 2 is 2.13 bits per heavy atom. The lowest BCUT2D eigenvalue weighted by molar-refractivity contribution is 0.0491. The van der Waals surface area contributed by atoms with Crippen LogP contribution in [0.15, 0.2) is 10.7 Å². The quantitative estimate of drug-likeness (QED) is 0.543. The number of hydrogen-bond acceptors (Lipinski definition) is 7. The summed E-state index contributed by atoms with van der Waals surface area (Å²) < 4.78 is 17.7. The van der Waals surface area contributed by atoms with Gasteiger partial charge in [0.1, 0.15) is 12.0 Å². The number of ether oxygens (including phenoxy) is 2. The molecule has 1 aliphatic heterocycles. The first-order valence-electron chi connectivity index (χ1n) is 10.6. The highest BCUT2D eigenvalue weighted by Gasteiger charge is 2.22. The Balaban J connectivity index is 1.58. The van der Waals surface area contributed by atoms with Gasteiger partial charge in [0, 0.05) is 38.8 Å². The van der Waals surface area contributed by atoms with Gasteiger partial charge in [-0.3, -0.25) is 9.48 Å². The van der Waals surface area contributed by atoms with Gasteiger partial charge in [0.25, 0.3) is 5.91 Å². The average Bonchev–Trinajstić information content (AvgIpc) is 3.31. The Labute approximate surface area is 176 Å². The monoisotopic (exact) mass is 418 g/mol.